The van der Waals surface area contributed by atoms with Crippen LogP contribution in [0.15, 0.2) is 11.6 Å². The Kier molecular flexibility index (Phi) is 4.44. The number of allylic oxidation sites excluding steroid dienone is 1. The fourth-order valence-corrected chi connectivity index (χ4v) is 9.73. The van der Waals surface area contributed by atoms with Gasteiger partial charge in [-0.25, -0.2) is 0 Å². The van der Waals surface area contributed by atoms with E-state index in [1.165, 1.54) is 44.9 Å². The van der Waals surface area contributed by atoms with E-state index in [0.717, 1.165) is 37.2 Å². The third-order valence-corrected chi connectivity index (χ3v) is 11.4. The molecular formula is C27H42O3. The van der Waals surface area contributed by atoms with Gasteiger partial charge in [-0.05, 0) is 91.8 Å². The fourth-order valence-electron chi connectivity index (χ4n) is 9.73. The molecule has 0 aromatic rings. The molecule has 6 rings (SSSR count). The first-order chi connectivity index (χ1) is 14.3. The molecule has 3 saturated carbocycles. The fraction of sp³-hybridized carbons (Fsp3) is 0.926. The second-order valence-corrected chi connectivity index (χ2v) is 12.6. The lowest BCUT2D eigenvalue weighted by molar-refractivity contribution is -0.272. The van der Waals surface area contributed by atoms with Crippen molar-refractivity contribution in [2.45, 2.75) is 103 Å². The van der Waals surface area contributed by atoms with Gasteiger partial charge in [-0.15, -0.1) is 0 Å². The van der Waals surface area contributed by atoms with Crippen LogP contribution in [0.3, 0.4) is 0 Å². The summed E-state index contributed by atoms with van der Waals surface area (Å²) in [7, 11) is 0. The maximum Gasteiger partial charge on any atom is 0.171 e. The highest BCUT2D eigenvalue weighted by Gasteiger charge is 2.68. The molecule has 3 nitrogen and oxygen atoms in total. The molecule has 0 unspecified atom stereocenters. The van der Waals surface area contributed by atoms with E-state index in [9.17, 15) is 5.11 Å². The van der Waals surface area contributed by atoms with Crippen LogP contribution in [0.1, 0.15) is 85.5 Å². The van der Waals surface area contributed by atoms with Crippen LogP contribution in [0.4, 0.5) is 0 Å². The Morgan fingerprint density at radius 3 is 2.60 bits per heavy atom. The van der Waals surface area contributed by atoms with Crippen molar-refractivity contribution in [2.24, 2.45) is 46.3 Å². The molecule has 168 valence electrons. The van der Waals surface area contributed by atoms with Crippen LogP contribution >= 0.6 is 0 Å². The van der Waals surface area contributed by atoms with Gasteiger partial charge in [0, 0.05) is 12.3 Å². The molecule has 1 spiro atoms. The summed E-state index contributed by atoms with van der Waals surface area (Å²) < 4.78 is 13.4. The lowest BCUT2D eigenvalue weighted by Crippen LogP contribution is -2.52. The maximum absolute atomic E-state index is 10.2. The highest BCUT2D eigenvalue weighted by atomic mass is 16.7. The maximum atomic E-state index is 10.2. The summed E-state index contributed by atoms with van der Waals surface area (Å²) in [5.41, 5.74) is 2.32. The van der Waals surface area contributed by atoms with Crippen molar-refractivity contribution in [3.63, 3.8) is 0 Å². The zero-order chi connectivity index (χ0) is 20.9. The van der Waals surface area contributed by atoms with E-state index < -0.39 is 0 Å². The van der Waals surface area contributed by atoms with Crippen molar-refractivity contribution in [1.82, 2.24) is 0 Å². The Bertz CT molecular complexity index is 736. The molecule has 0 aromatic heterocycles. The quantitative estimate of drug-likeness (QED) is 0.516. The van der Waals surface area contributed by atoms with Crippen molar-refractivity contribution in [1.29, 1.82) is 0 Å². The number of fused-ring (bicyclic) bond motifs is 7. The normalized spacial score (nSPS) is 59.8. The van der Waals surface area contributed by atoms with Gasteiger partial charge >= 0.3 is 0 Å². The molecule has 0 amide bonds. The van der Waals surface area contributed by atoms with Crippen molar-refractivity contribution < 1.29 is 14.6 Å². The Labute approximate surface area is 183 Å². The molecule has 3 heteroatoms. The number of hydrogen-bond donors (Lipinski definition) is 1. The van der Waals surface area contributed by atoms with Crippen LogP contribution < -0.4 is 0 Å². The zero-order valence-electron chi connectivity index (χ0n) is 19.5. The van der Waals surface area contributed by atoms with Crippen molar-refractivity contribution in [3.05, 3.63) is 11.6 Å². The molecule has 30 heavy (non-hydrogen) atoms. The number of rotatable bonds is 0. The molecule has 6 aliphatic rings. The Morgan fingerprint density at radius 1 is 1.00 bits per heavy atom. The Morgan fingerprint density at radius 2 is 1.83 bits per heavy atom. The topological polar surface area (TPSA) is 38.7 Å². The SMILES string of the molecule is C[C@@H]1CC[C@@]2(OC1)O[C@H]1C[C@H]3[C@@H]4CCC5=C[C@@H](O)CC[C@]5(C)[C@H]4CC[C@]3(C)[C@H]1[C@@H]2C. The summed E-state index contributed by atoms with van der Waals surface area (Å²) in [6.45, 7) is 10.8. The molecule has 2 heterocycles. The van der Waals surface area contributed by atoms with Crippen LogP contribution in [-0.4, -0.2) is 29.7 Å². The highest BCUT2D eigenvalue weighted by Crippen LogP contribution is 2.70. The summed E-state index contributed by atoms with van der Waals surface area (Å²) in [5, 5.41) is 10.2. The van der Waals surface area contributed by atoms with Gasteiger partial charge in [0.05, 0.1) is 18.8 Å². The zero-order valence-corrected chi connectivity index (χ0v) is 19.5. The standard InChI is InChI=1S/C27H42O3/c1-16-7-12-27(29-15-16)17(2)24-23(30-27)14-22-20-6-5-18-13-19(28)8-10-25(18,3)21(20)9-11-26(22,24)4/h13,16-17,19-24,28H,5-12,14-15H2,1-4H3/t16-,17+,19+,20-,21+,22+,23+,24+,25+,26+,27-/m1/s1. The average molecular weight is 415 g/mol. The van der Waals surface area contributed by atoms with Crippen molar-refractivity contribution in [2.75, 3.05) is 6.61 Å². The smallest absolute Gasteiger partial charge is 0.171 e. The van der Waals surface area contributed by atoms with Gasteiger partial charge in [-0.3, -0.25) is 0 Å². The van der Waals surface area contributed by atoms with E-state index in [0.29, 0.717) is 34.7 Å². The molecule has 2 aliphatic heterocycles. The summed E-state index contributed by atoms with van der Waals surface area (Å²) in [6, 6.07) is 0. The summed E-state index contributed by atoms with van der Waals surface area (Å²) >= 11 is 0. The largest absolute Gasteiger partial charge is 0.389 e. The second-order valence-electron chi connectivity index (χ2n) is 12.6. The van der Waals surface area contributed by atoms with Gasteiger partial charge in [0.25, 0.3) is 0 Å². The van der Waals surface area contributed by atoms with Gasteiger partial charge in [-0.2, -0.15) is 0 Å². The van der Waals surface area contributed by atoms with Crippen molar-refractivity contribution in [3.8, 4) is 0 Å². The van der Waals surface area contributed by atoms with E-state index in [1.807, 2.05) is 0 Å². The molecule has 2 saturated heterocycles. The summed E-state index contributed by atoms with van der Waals surface area (Å²) in [6.07, 6.45) is 13.4. The highest BCUT2D eigenvalue weighted by molar-refractivity contribution is 5.26. The van der Waals surface area contributed by atoms with Gasteiger partial charge in [0.1, 0.15) is 0 Å². The third kappa shape index (κ3) is 2.55. The lowest BCUT2D eigenvalue weighted by atomic mass is 9.46. The van der Waals surface area contributed by atoms with Crippen LogP contribution in [-0.2, 0) is 9.47 Å². The predicted molar refractivity (Wildman–Crippen MR) is 118 cm³/mol. The lowest BCUT2D eigenvalue weighted by Gasteiger charge is -2.59. The van der Waals surface area contributed by atoms with E-state index in [1.54, 1.807) is 5.57 Å². The van der Waals surface area contributed by atoms with Gasteiger partial charge in [0.2, 0.25) is 0 Å². The molecule has 0 radical (unpaired) electrons. The summed E-state index contributed by atoms with van der Waals surface area (Å²) in [4.78, 5) is 0. The van der Waals surface area contributed by atoms with Crippen molar-refractivity contribution >= 4 is 0 Å². The molecule has 5 fully saturated rings. The van der Waals surface area contributed by atoms with E-state index in [2.05, 4.69) is 33.8 Å². The molecule has 0 aromatic carbocycles. The van der Waals surface area contributed by atoms with Gasteiger partial charge in [-0.1, -0.05) is 39.3 Å². The summed E-state index contributed by atoms with van der Waals surface area (Å²) in [5.74, 6) is 4.00. The average Bonchev–Trinajstić information content (AvgIpc) is 3.16. The first kappa shape index (κ1) is 20.2. The second kappa shape index (κ2) is 6.58. The van der Waals surface area contributed by atoms with E-state index >= 15 is 0 Å². The van der Waals surface area contributed by atoms with Crippen LogP contribution in [0, 0.1) is 46.3 Å². The van der Waals surface area contributed by atoms with Crippen LogP contribution in [0.5, 0.6) is 0 Å². The minimum Gasteiger partial charge on any atom is -0.389 e. The molecular weight excluding hydrogens is 372 g/mol. The first-order valence-corrected chi connectivity index (χ1v) is 13.0. The predicted octanol–water partition coefficient (Wildman–Crippen LogP) is 5.71. The Hall–Kier alpha value is -0.380. The monoisotopic (exact) mass is 414 g/mol. The first-order valence-electron chi connectivity index (χ1n) is 13.0. The molecule has 0 bridgehead atoms. The number of ether oxygens (including phenoxy) is 2. The van der Waals surface area contributed by atoms with Gasteiger partial charge in [0.15, 0.2) is 5.79 Å². The van der Waals surface area contributed by atoms with E-state index in [4.69, 9.17) is 9.47 Å². The Balaban J connectivity index is 1.28. The van der Waals surface area contributed by atoms with Crippen LogP contribution in [0.2, 0.25) is 0 Å². The third-order valence-electron chi connectivity index (χ3n) is 11.4. The van der Waals surface area contributed by atoms with Gasteiger partial charge < -0.3 is 14.6 Å². The van der Waals surface area contributed by atoms with E-state index in [-0.39, 0.29) is 11.9 Å². The number of hydrogen-bond acceptors (Lipinski definition) is 3. The number of aliphatic hydroxyl groups excluding tert-OH is 1. The van der Waals surface area contributed by atoms with Crippen LogP contribution in [0.25, 0.3) is 0 Å². The molecule has 1 N–H and O–H groups in total. The molecule has 11 atom stereocenters. The minimum atomic E-state index is -0.291. The molecule has 4 aliphatic carbocycles. The minimum absolute atomic E-state index is 0.201. The number of aliphatic hydroxyl groups is 1.